The molecule has 0 radical (unpaired) electrons. The van der Waals surface area contributed by atoms with Gasteiger partial charge in [0.2, 0.25) is 0 Å². The summed E-state index contributed by atoms with van der Waals surface area (Å²) in [6.07, 6.45) is 0. The molecule has 2 rings (SSSR count). The summed E-state index contributed by atoms with van der Waals surface area (Å²) in [6, 6.07) is 14.4. The Hall–Kier alpha value is -1.81. The second kappa shape index (κ2) is 5.01. The fraction of sp³-hybridized carbons (Fsp3) is 0. The third-order valence-corrected chi connectivity index (χ3v) is 3.02. The van der Waals surface area contributed by atoms with Gasteiger partial charge in [-0.15, -0.1) is 0 Å². The number of carbonyl (C=O) groups is 1. The van der Waals surface area contributed by atoms with Gasteiger partial charge in [0.15, 0.2) is 0 Å². The van der Waals surface area contributed by atoms with Gasteiger partial charge in [0.1, 0.15) is 0 Å². The van der Waals surface area contributed by atoms with Crippen LogP contribution in [-0.4, -0.2) is 5.91 Å². The van der Waals surface area contributed by atoms with E-state index in [9.17, 15) is 4.79 Å². The van der Waals surface area contributed by atoms with Crippen LogP contribution in [0.1, 0.15) is 10.4 Å². The maximum Gasteiger partial charge on any atom is 0.256 e. The molecular weight excluding hydrogens is 280 g/mol. The van der Waals surface area contributed by atoms with Gasteiger partial charge in [0, 0.05) is 4.47 Å². The lowest BCUT2D eigenvalue weighted by Gasteiger charge is -2.08. The van der Waals surface area contributed by atoms with Crippen molar-refractivity contribution in [1.82, 2.24) is 0 Å². The Morgan fingerprint density at radius 2 is 1.71 bits per heavy atom. The largest absolute Gasteiger partial charge is 0.397 e. The second-order valence-corrected chi connectivity index (χ2v) is 4.38. The minimum Gasteiger partial charge on any atom is -0.397 e. The Kier molecular flexibility index (Phi) is 3.44. The number of hydrogen-bond donors (Lipinski definition) is 2. The Morgan fingerprint density at radius 3 is 2.41 bits per heavy atom. The number of nitrogens with two attached hydrogens (primary N) is 1. The van der Waals surface area contributed by atoms with Crippen LogP contribution < -0.4 is 11.1 Å². The predicted molar refractivity (Wildman–Crippen MR) is 72.9 cm³/mol. The molecule has 2 aromatic carbocycles. The molecule has 3 N–H and O–H groups in total. The molecule has 0 spiro atoms. The first-order valence-electron chi connectivity index (χ1n) is 5.09. The SMILES string of the molecule is Nc1ccccc1NC(=O)c1ccccc1Br. The lowest BCUT2D eigenvalue weighted by molar-refractivity contribution is 0.102. The topological polar surface area (TPSA) is 55.1 Å². The average Bonchev–Trinajstić information content (AvgIpc) is 2.32. The van der Waals surface area contributed by atoms with Crippen LogP contribution in [0, 0.1) is 0 Å². The first-order valence-corrected chi connectivity index (χ1v) is 5.88. The molecule has 0 aromatic heterocycles. The maximum atomic E-state index is 12.0. The molecule has 0 aliphatic heterocycles. The van der Waals surface area contributed by atoms with E-state index in [0.717, 1.165) is 4.47 Å². The van der Waals surface area contributed by atoms with E-state index in [1.165, 1.54) is 0 Å². The van der Waals surface area contributed by atoms with E-state index in [0.29, 0.717) is 16.9 Å². The molecule has 0 heterocycles. The molecule has 0 atom stereocenters. The molecule has 2 aromatic rings. The van der Waals surface area contributed by atoms with Crippen molar-refractivity contribution in [2.24, 2.45) is 0 Å². The number of nitrogen functional groups attached to an aromatic ring is 1. The zero-order chi connectivity index (χ0) is 12.3. The maximum absolute atomic E-state index is 12.0. The minimum atomic E-state index is -0.185. The zero-order valence-electron chi connectivity index (χ0n) is 8.98. The van der Waals surface area contributed by atoms with Crippen LogP contribution >= 0.6 is 15.9 Å². The van der Waals surface area contributed by atoms with E-state index < -0.39 is 0 Å². The van der Waals surface area contributed by atoms with Gasteiger partial charge in [0.25, 0.3) is 5.91 Å². The summed E-state index contributed by atoms with van der Waals surface area (Å²) in [5.74, 6) is -0.185. The first-order chi connectivity index (χ1) is 8.18. The highest BCUT2D eigenvalue weighted by Gasteiger charge is 2.10. The Labute approximate surface area is 108 Å². The molecule has 0 aliphatic rings. The summed E-state index contributed by atoms with van der Waals surface area (Å²) in [5, 5.41) is 2.77. The van der Waals surface area contributed by atoms with Crippen molar-refractivity contribution in [2.45, 2.75) is 0 Å². The van der Waals surface area contributed by atoms with Crippen molar-refractivity contribution >= 4 is 33.2 Å². The molecule has 0 saturated heterocycles. The fourth-order valence-corrected chi connectivity index (χ4v) is 1.91. The number of para-hydroxylation sites is 2. The van der Waals surface area contributed by atoms with E-state index in [1.54, 1.807) is 18.2 Å². The highest BCUT2D eigenvalue weighted by Crippen LogP contribution is 2.20. The van der Waals surface area contributed by atoms with E-state index in [1.807, 2.05) is 30.3 Å². The molecule has 0 unspecified atom stereocenters. The summed E-state index contributed by atoms with van der Waals surface area (Å²) in [5.41, 5.74) is 7.51. The van der Waals surface area contributed by atoms with Gasteiger partial charge < -0.3 is 11.1 Å². The van der Waals surface area contributed by atoms with Gasteiger partial charge in [-0.2, -0.15) is 0 Å². The highest BCUT2D eigenvalue weighted by atomic mass is 79.9. The second-order valence-electron chi connectivity index (χ2n) is 3.52. The highest BCUT2D eigenvalue weighted by molar-refractivity contribution is 9.10. The number of anilines is 2. The summed E-state index contributed by atoms with van der Waals surface area (Å²) >= 11 is 3.34. The van der Waals surface area contributed by atoms with E-state index >= 15 is 0 Å². The summed E-state index contributed by atoms with van der Waals surface area (Å²) in [6.45, 7) is 0. The quantitative estimate of drug-likeness (QED) is 0.834. The molecule has 1 amide bonds. The first kappa shape index (κ1) is 11.7. The molecule has 0 saturated carbocycles. The van der Waals surface area contributed by atoms with Crippen LogP contribution in [0.25, 0.3) is 0 Å². The van der Waals surface area contributed by atoms with Crippen molar-refractivity contribution in [2.75, 3.05) is 11.1 Å². The molecule has 4 heteroatoms. The normalized spacial score (nSPS) is 9.94. The van der Waals surface area contributed by atoms with Crippen molar-refractivity contribution in [3.63, 3.8) is 0 Å². The summed E-state index contributed by atoms with van der Waals surface area (Å²) in [7, 11) is 0. The van der Waals surface area contributed by atoms with E-state index in [2.05, 4.69) is 21.2 Å². The Balaban J connectivity index is 2.24. The lowest BCUT2D eigenvalue weighted by Crippen LogP contribution is -2.13. The minimum absolute atomic E-state index is 0.185. The van der Waals surface area contributed by atoms with Gasteiger partial charge in [-0.1, -0.05) is 24.3 Å². The third kappa shape index (κ3) is 2.65. The van der Waals surface area contributed by atoms with Crippen LogP contribution in [-0.2, 0) is 0 Å². The van der Waals surface area contributed by atoms with Gasteiger partial charge in [0.05, 0.1) is 16.9 Å². The van der Waals surface area contributed by atoms with Crippen LogP contribution in [0.4, 0.5) is 11.4 Å². The number of hydrogen-bond acceptors (Lipinski definition) is 2. The lowest BCUT2D eigenvalue weighted by atomic mass is 10.2. The van der Waals surface area contributed by atoms with Gasteiger partial charge >= 0.3 is 0 Å². The number of carbonyl (C=O) groups excluding carboxylic acids is 1. The standard InChI is InChI=1S/C13H11BrN2O/c14-10-6-2-1-5-9(10)13(17)16-12-8-4-3-7-11(12)15/h1-8H,15H2,(H,16,17). The molecular formula is C13H11BrN2O. The Bertz CT molecular complexity index is 555. The molecule has 0 bridgehead atoms. The van der Waals surface area contributed by atoms with E-state index in [-0.39, 0.29) is 5.91 Å². The zero-order valence-corrected chi connectivity index (χ0v) is 10.6. The van der Waals surface area contributed by atoms with E-state index in [4.69, 9.17) is 5.73 Å². The molecule has 0 aliphatic carbocycles. The number of halogens is 1. The van der Waals surface area contributed by atoms with Crippen LogP contribution in [0.2, 0.25) is 0 Å². The van der Waals surface area contributed by atoms with Crippen molar-refractivity contribution < 1.29 is 4.79 Å². The monoisotopic (exact) mass is 290 g/mol. The molecule has 86 valence electrons. The van der Waals surface area contributed by atoms with Gasteiger partial charge in [-0.25, -0.2) is 0 Å². The molecule has 0 fully saturated rings. The van der Waals surface area contributed by atoms with Crippen LogP contribution in [0.3, 0.4) is 0 Å². The van der Waals surface area contributed by atoms with Crippen molar-refractivity contribution in [3.8, 4) is 0 Å². The van der Waals surface area contributed by atoms with Crippen molar-refractivity contribution in [1.29, 1.82) is 0 Å². The summed E-state index contributed by atoms with van der Waals surface area (Å²) in [4.78, 5) is 12.0. The van der Waals surface area contributed by atoms with Gasteiger partial charge in [-0.05, 0) is 40.2 Å². The van der Waals surface area contributed by atoms with Crippen molar-refractivity contribution in [3.05, 3.63) is 58.6 Å². The third-order valence-electron chi connectivity index (χ3n) is 2.33. The van der Waals surface area contributed by atoms with Gasteiger partial charge in [-0.3, -0.25) is 4.79 Å². The number of rotatable bonds is 2. The number of amides is 1. The Morgan fingerprint density at radius 1 is 1.06 bits per heavy atom. The fourth-order valence-electron chi connectivity index (χ4n) is 1.45. The molecule has 3 nitrogen and oxygen atoms in total. The van der Waals surface area contributed by atoms with Crippen LogP contribution in [0.15, 0.2) is 53.0 Å². The number of benzene rings is 2. The number of nitrogens with one attached hydrogen (secondary N) is 1. The van der Waals surface area contributed by atoms with Crippen LogP contribution in [0.5, 0.6) is 0 Å². The smallest absolute Gasteiger partial charge is 0.256 e. The summed E-state index contributed by atoms with van der Waals surface area (Å²) < 4.78 is 0.756. The predicted octanol–water partition coefficient (Wildman–Crippen LogP) is 3.28. The molecule has 17 heavy (non-hydrogen) atoms. The average molecular weight is 291 g/mol.